The Balaban J connectivity index is 1.72. The van der Waals surface area contributed by atoms with Gasteiger partial charge < -0.3 is 9.84 Å². The Bertz CT molecular complexity index is 721. The number of rotatable bonds is 3. The SMILES string of the molecule is N#Cc1ccc(COc2ccc3c(c2)CC[C@@H]3O)c(Cl)c1. The Labute approximate surface area is 128 Å². The minimum atomic E-state index is -0.345. The lowest BCUT2D eigenvalue weighted by Crippen LogP contribution is -1.98. The second kappa shape index (κ2) is 5.77. The van der Waals surface area contributed by atoms with Crippen molar-refractivity contribution in [3.8, 4) is 11.8 Å². The Kier molecular flexibility index (Phi) is 3.83. The number of nitrogens with zero attached hydrogens (tertiary/aromatic N) is 1. The lowest BCUT2D eigenvalue weighted by molar-refractivity contribution is 0.180. The number of aliphatic hydroxyl groups excluding tert-OH is 1. The van der Waals surface area contributed by atoms with Crippen LogP contribution in [0.4, 0.5) is 0 Å². The fourth-order valence-electron chi connectivity index (χ4n) is 2.56. The van der Waals surface area contributed by atoms with Crippen LogP contribution in [-0.2, 0) is 13.0 Å². The number of aryl methyl sites for hydroxylation is 1. The van der Waals surface area contributed by atoms with Gasteiger partial charge in [0.1, 0.15) is 12.4 Å². The number of benzene rings is 2. The summed E-state index contributed by atoms with van der Waals surface area (Å²) in [5.74, 6) is 0.767. The number of halogens is 1. The van der Waals surface area contributed by atoms with E-state index >= 15 is 0 Å². The van der Waals surface area contributed by atoms with E-state index in [9.17, 15) is 5.11 Å². The summed E-state index contributed by atoms with van der Waals surface area (Å²) in [5.41, 5.74) is 3.52. The van der Waals surface area contributed by atoms with Crippen molar-refractivity contribution in [2.45, 2.75) is 25.6 Å². The molecule has 0 spiro atoms. The van der Waals surface area contributed by atoms with Crippen LogP contribution in [0, 0.1) is 11.3 Å². The fourth-order valence-corrected chi connectivity index (χ4v) is 2.79. The highest BCUT2D eigenvalue weighted by Gasteiger charge is 2.20. The number of aliphatic hydroxyl groups is 1. The van der Waals surface area contributed by atoms with Gasteiger partial charge in [-0.2, -0.15) is 5.26 Å². The molecule has 0 unspecified atom stereocenters. The Morgan fingerprint density at radius 1 is 1.29 bits per heavy atom. The Morgan fingerprint density at radius 2 is 2.14 bits per heavy atom. The largest absolute Gasteiger partial charge is 0.489 e. The highest BCUT2D eigenvalue weighted by Crippen LogP contribution is 2.33. The molecule has 106 valence electrons. The van der Waals surface area contributed by atoms with Crippen LogP contribution >= 0.6 is 11.6 Å². The van der Waals surface area contributed by atoms with Crippen LogP contribution in [0.2, 0.25) is 5.02 Å². The summed E-state index contributed by atoms with van der Waals surface area (Å²) in [6.07, 6.45) is 1.31. The molecule has 1 aliphatic carbocycles. The minimum Gasteiger partial charge on any atom is -0.489 e. The van der Waals surface area contributed by atoms with E-state index in [1.165, 1.54) is 0 Å². The van der Waals surface area contributed by atoms with Gasteiger partial charge in [-0.3, -0.25) is 0 Å². The molecule has 0 aliphatic heterocycles. The second-order valence-corrected chi connectivity index (χ2v) is 5.53. The first-order valence-electron chi connectivity index (χ1n) is 6.79. The third kappa shape index (κ3) is 2.87. The lowest BCUT2D eigenvalue weighted by Gasteiger charge is -2.10. The van der Waals surface area contributed by atoms with Crippen molar-refractivity contribution in [2.75, 3.05) is 0 Å². The third-order valence-corrected chi connectivity index (χ3v) is 4.09. The summed E-state index contributed by atoms with van der Waals surface area (Å²) < 4.78 is 5.76. The maximum Gasteiger partial charge on any atom is 0.120 e. The molecule has 2 aromatic rings. The number of ether oxygens (including phenoxy) is 1. The fraction of sp³-hybridized carbons (Fsp3) is 0.235. The molecule has 1 aliphatic rings. The molecular formula is C17H14ClNO2. The Morgan fingerprint density at radius 3 is 2.90 bits per heavy atom. The molecule has 0 saturated heterocycles. The van der Waals surface area contributed by atoms with E-state index in [2.05, 4.69) is 6.07 Å². The molecular weight excluding hydrogens is 286 g/mol. The van der Waals surface area contributed by atoms with Crippen molar-refractivity contribution in [2.24, 2.45) is 0 Å². The van der Waals surface area contributed by atoms with Crippen molar-refractivity contribution >= 4 is 11.6 Å². The molecule has 0 radical (unpaired) electrons. The summed E-state index contributed by atoms with van der Waals surface area (Å²) in [6, 6.07) is 13.0. The van der Waals surface area contributed by atoms with Gasteiger partial charge in [-0.1, -0.05) is 23.7 Å². The second-order valence-electron chi connectivity index (χ2n) is 5.12. The zero-order chi connectivity index (χ0) is 14.8. The molecule has 1 N–H and O–H groups in total. The lowest BCUT2D eigenvalue weighted by atomic mass is 10.1. The van der Waals surface area contributed by atoms with Gasteiger partial charge in [0.25, 0.3) is 0 Å². The topological polar surface area (TPSA) is 53.2 Å². The molecule has 3 rings (SSSR count). The quantitative estimate of drug-likeness (QED) is 0.938. The van der Waals surface area contributed by atoms with Crippen molar-refractivity contribution in [3.05, 3.63) is 63.7 Å². The molecule has 0 aromatic heterocycles. The summed E-state index contributed by atoms with van der Waals surface area (Å²) >= 11 is 6.12. The first-order valence-corrected chi connectivity index (χ1v) is 7.17. The molecule has 4 heteroatoms. The van der Waals surface area contributed by atoms with Crippen LogP contribution in [0.25, 0.3) is 0 Å². The van der Waals surface area contributed by atoms with Crippen molar-refractivity contribution in [1.82, 2.24) is 0 Å². The van der Waals surface area contributed by atoms with E-state index in [1.54, 1.807) is 18.2 Å². The average Bonchev–Trinajstić information content (AvgIpc) is 2.87. The predicted molar refractivity (Wildman–Crippen MR) is 80.2 cm³/mol. The van der Waals surface area contributed by atoms with E-state index in [4.69, 9.17) is 21.6 Å². The van der Waals surface area contributed by atoms with Gasteiger partial charge in [0, 0.05) is 10.6 Å². The van der Waals surface area contributed by atoms with E-state index < -0.39 is 0 Å². The van der Waals surface area contributed by atoms with Gasteiger partial charge in [0.2, 0.25) is 0 Å². The summed E-state index contributed by atoms with van der Waals surface area (Å²) in [6.45, 7) is 0.353. The van der Waals surface area contributed by atoms with Gasteiger partial charge >= 0.3 is 0 Å². The van der Waals surface area contributed by atoms with E-state index in [-0.39, 0.29) is 6.10 Å². The molecule has 0 saturated carbocycles. The van der Waals surface area contributed by atoms with Gasteiger partial charge in [-0.15, -0.1) is 0 Å². The number of hydrogen-bond acceptors (Lipinski definition) is 3. The molecule has 3 nitrogen and oxygen atoms in total. The Hall–Kier alpha value is -2.02. The molecule has 21 heavy (non-hydrogen) atoms. The summed E-state index contributed by atoms with van der Waals surface area (Å²) in [5, 5.41) is 19.1. The predicted octanol–water partition coefficient (Wildman–Crippen LogP) is 3.77. The van der Waals surface area contributed by atoms with Gasteiger partial charge in [-0.05, 0) is 48.2 Å². The van der Waals surface area contributed by atoms with Crippen LogP contribution < -0.4 is 4.74 Å². The number of hydrogen-bond donors (Lipinski definition) is 1. The van der Waals surface area contributed by atoms with Gasteiger partial charge in [-0.25, -0.2) is 0 Å². The van der Waals surface area contributed by atoms with Crippen LogP contribution in [0.3, 0.4) is 0 Å². The van der Waals surface area contributed by atoms with E-state index in [0.717, 1.165) is 35.3 Å². The standard InChI is InChI=1S/C17H14ClNO2/c18-16-7-11(9-19)1-2-13(16)10-21-14-4-5-15-12(8-14)3-6-17(15)20/h1-2,4-5,7-8,17,20H,3,6,10H2/t17-/m0/s1. The highest BCUT2D eigenvalue weighted by atomic mass is 35.5. The smallest absolute Gasteiger partial charge is 0.120 e. The van der Waals surface area contributed by atoms with Crippen molar-refractivity contribution < 1.29 is 9.84 Å². The minimum absolute atomic E-state index is 0.345. The normalized spacial score (nSPS) is 16.3. The van der Waals surface area contributed by atoms with Crippen LogP contribution in [0.15, 0.2) is 36.4 Å². The zero-order valence-corrected chi connectivity index (χ0v) is 12.1. The molecule has 0 fully saturated rings. The molecule has 0 bridgehead atoms. The molecule has 2 aromatic carbocycles. The van der Waals surface area contributed by atoms with Crippen LogP contribution in [0.1, 0.15) is 34.8 Å². The third-order valence-electron chi connectivity index (χ3n) is 3.74. The van der Waals surface area contributed by atoms with Crippen molar-refractivity contribution in [1.29, 1.82) is 5.26 Å². The maximum absolute atomic E-state index is 9.78. The van der Waals surface area contributed by atoms with Gasteiger partial charge in [0.15, 0.2) is 0 Å². The van der Waals surface area contributed by atoms with Crippen LogP contribution in [0.5, 0.6) is 5.75 Å². The average molecular weight is 300 g/mol. The molecule has 0 heterocycles. The number of nitriles is 1. The maximum atomic E-state index is 9.78. The first kappa shape index (κ1) is 13.9. The summed E-state index contributed by atoms with van der Waals surface area (Å²) in [7, 11) is 0. The first-order chi connectivity index (χ1) is 10.2. The molecule has 0 amide bonds. The zero-order valence-electron chi connectivity index (χ0n) is 11.3. The van der Waals surface area contributed by atoms with Crippen molar-refractivity contribution in [3.63, 3.8) is 0 Å². The van der Waals surface area contributed by atoms with E-state index in [0.29, 0.717) is 17.2 Å². The summed E-state index contributed by atoms with van der Waals surface area (Å²) in [4.78, 5) is 0. The monoisotopic (exact) mass is 299 g/mol. The molecule has 1 atom stereocenters. The highest BCUT2D eigenvalue weighted by molar-refractivity contribution is 6.31. The number of fused-ring (bicyclic) bond motifs is 1. The van der Waals surface area contributed by atoms with Crippen LogP contribution in [-0.4, -0.2) is 5.11 Å². The van der Waals surface area contributed by atoms with E-state index in [1.807, 2.05) is 18.2 Å². The van der Waals surface area contributed by atoms with Gasteiger partial charge in [0.05, 0.1) is 17.7 Å².